The lowest BCUT2D eigenvalue weighted by Crippen LogP contribution is -2.66. The van der Waals surface area contributed by atoms with Crippen LogP contribution < -0.4 is 15.2 Å². The van der Waals surface area contributed by atoms with Crippen LogP contribution in [0.25, 0.3) is 0 Å². The van der Waals surface area contributed by atoms with Gasteiger partial charge in [-0.25, -0.2) is 13.6 Å². The number of rotatable bonds is 2. The Balaban J connectivity index is 1.64. The molecular formula is C24H19F2N3O6S2. The summed E-state index contributed by atoms with van der Waals surface area (Å²) in [5, 5.41) is 3.71. The number of hydrogen-bond donors (Lipinski definition) is 0. The normalized spacial score (nSPS) is 20.4. The van der Waals surface area contributed by atoms with Crippen molar-refractivity contribution in [2.45, 2.75) is 22.2 Å². The molecule has 3 aromatic rings. The number of methoxy groups -OCH3 is 1. The van der Waals surface area contributed by atoms with Crippen LogP contribution in [0.15, 0.2) is 44.8 Å². The second kappa shape index (κ2) is 9.15. The van der Waals surface area contributed by atoms with E-state index in [1.54, 1.807) is 11.1 Å². The number of benzene rings is 1. The molecule has 0 bridgehead atoms. The Morgan fingerprint density at radius 1 is 1.16 bits per heavy atom. The number of ether oxygens (including phenoxy) is 3. The van der Waals surface area contributed by atoms with Gasteiger partial charge in [-0.15, -0.1) is 23.1 Å². The minimum absolute atomic E-state index is 0.132. The Hall–Kier alpha value is -3.42. The number of amides is 1. The molecule has 0 radical (unpaired) electrons. The Bertz CT molecular complexity index is 1490. The van der Waals surface area contributed by atoms with Crippen LogP contribution in [-0.4, -0.2) is 54.7 Å². The van der Waals surface area contributed by atoms with Crippen LogP contribution in [0.4, 0.5) is 13.6 Å². The largest absolute Gasteiger partial charge is 0.513 e. The number of fused-ring (bicyclic) bond motifs is 4. The lowest BCUT2D eigenvalue weighted by atomic mass is 9.94. The monoisotopic (exact) mass is 547 g/mol. The highest BCUT2D eigenvalue weighted by Crippen LogP contribution is 2.47. The van der Waals surface area contributed by atoms with E-state index >= 15 is 4.39 Å². The molecule has 1 aromatic carbocycles. The molecule has 3 aliphatic rings. The topological polar surface area (TPSA) is 90.3 Å². The standard InChI is InChI=1S/C24H19F2N3O6S2/c1-33-24(32)35-21-16(30)4-6-28-20(21)22(31)27-7-8-34-10-17(27)29(28)19-12-2-3-15(25)18(26)14(12)11-37-23-13(19)5-9-36-23/h2-6,9,17,19H,7-8,10-11H2,1H3/t17-,19-/m1/s1. The molecule has 1 fully saturated rings. The number of carbonyl (C=O) groups is 2. The summed E-state index contributed by atoms with van der Waals surface area (Å²) in [6, 6.07) is 5.03. The molecule has 9 nitrogen and oxygen atoms in total. The van der Waals surface area contributed by atoms with Crippen molar-refractivity contribution in [3.05, 3.63) is 80.1 Å². The highest BCUT2D eigenvalue weighted by Gasteiger charge is 2.46. The minimum atomic E-state index is -1.15. The summed E-state index contributed by atoms with van der Waals surface area (Å²) in [7, 11) is 1.09. The first-order valence-electron chi connectivity index (χ1n) is 11.3. The second-order valence-electron chi connectivity index (χ2n) is 8.48. The summed E-state index contributed by atoms with van der Waals surface area (Å²) in [5.74, 6) is -2.66. The maximum absolute atomic E-state index is 15.1. The summed E-state index contributed by atoms with van der Waals surface area (Å²) in [5.41, 5.74) is 0.710. The second-order valence-corrected chi connectivity index (χ2v) is 10.6. The smallest absolute Gasteiger partial charge is 0.437 e. The first-order valence-corrected chi connectivity index (χ1v) is 13.1. The quantitative estimate of drug-likeness (QED) is 0.451. The van der Waals surface area contributed by atoms with E-state index in [0.29, 0.717) is 5.56 Å². The first kappa shape index (κ1) is 23.9. The molecule has 13 heteroatoms. The summed E-state index contributed by atoms with van der Waals surface area (Å²) >= 11 is 2.88. The SMILES string of the molecule is COC(=O)Oc1c2n(ccc1=O)N([C@H]1c3ccsc3SCc3c1ccc(F)c3F)[C@@H]1COCCN1C2=O. The maximum atomic E-state index is 15.1. The number of pyridine rings is 1. The zero-order valence-corrected chi connectivity index (χ0v) is 20.9. The van der Waals surface area contributed by atoms with E-state index < -0.39 is 47.1 Å². The van der Waals surface area contributed by atoms with Crippen LogP contribution in [0.2, 0.25) is 0 Å². The van der Waals surface area contributed by atoms with Crippen molar-refractivity contribution < 1.29 is 32.6 Å². The van der Waals surface area contributed by atoms with Crippen molar-refractivity contribution in [2.75, 3.05) is 31.9 Å². The van der Waals surface area contributed by atoms with Gasteiger partial charge in [0, 0.05) is 35.7 Å². The number of nitrogens with zero attached hydrogens (tertiary/aromatic N) is 3. The Kier molecular flexibility index (Phi) is 5.92. The summed E-state index contributed by atoms with van der Waals surface area (Å²) in [4.78, 5) is 39.9. The van der Waals surface area contributed by atoms with Gasteiger partial charge in [0.15, 0.2) is 17.3 Å². The predicted octanol–water partition coefficient (Wildman–Crippen LogP) is 3.48. The van der Waals surface area contributed by atoms with Crippen LogP contribution in [-0.2, 0) is 15.2 Å². The first-order chi connectivity index (χ1) is 17.9. The van der Waals surface area contributed by atoms with Crippen LogP contribution in [0.3, 0.4) is 0 Å². The van der Waals surface area contributed by atoms with E-state index in [1.165, 1.54) is 44.9 Å². The fraction of sp³-hybridized carbons (Fsp3) is 0.292. The molecule has 0 unspecified atom stereocenters. The van der Waals surface area contributed by atoms with Gasteiger partial charge in [-0.2, -0.15) is 0 Å². The molecular weight excluding hydrogens is 528 g/mol. The van der Waals surface area contributed by atoms with Gasteiger partial charge in [0.2, 0.25) is 11.2 Å². The van der Waals surface area contributed by atoms with Crippen molar-refractivity contribution in [3.8, 4) is 5.75 Å². The van der Waals surface area contributed by atoms with Crippen molar-refractivity contribution in [1.29, 1.82) is 0 Å². The maximum Gasteiger partial charge on any atom is 0.513 e. The number of aromatic nitrogens is 1. The number of hydrogen-bond acceptors (Lipinski definition) is 9. The number of thiophene rings is 1. The van der Waals surface area contributed by atoms with Crippen molar-refractivity contribution in [1.82, 2.24) is 9.58 Å². The third kappa shape index (κ3) is 3.71. The van der Waals surface area contributed by atoms with Crippen molar-refractivity contribution in [2.24, 2.45) is 0 Å². The molecule has 1 amide bonds. The number of morpholine rings is 1. The van der Waals surface area contributed by atoms with Crippen LogP contribution >= 0.6 is 23.1 Å². The zero-order valence-electron chi connectivity index (χ0n) is 19.3. The molecule has 0 aliphatic carbocycles. The average molecular weight is 548 g/mol. The van der Waals surface area contributed by atoms with Crippen LogP contribution in [0, 0.1) is 11.6 Å². The van der Waals surface area contributed by atoms with Gasteiger partial charge in [0.1, 0.15) is 12.2 Å². The van der Waals surface area contributed by atoms with Crippen LogP contribution in [0.1, 0.15) is 33.2 Å². The van der Waals surface area contributed by atoms with Gasteiger partial charge in [0.25, 0.3) is 5.91 Å². The lowest BCUT2D eigenvalue weighted by molar-refractivity contribution is -0.0198. The molecule has 37 heavy (non-hydrogen) atoms. The molecule has 0 N–H and O–H groups in total. The van der Waals surface area contributed by atoms with E-state index in [1.807, 2.05) is 11.4 Å². The number of halogens is 2. The summed E-state index contributed by atoms with van der Waals surface area (Å²) < 4.78 is 47.2. The summed E-state index contributed by atoms with van der Waals surface area (Å²) in [6.45, 7) is 0.608. The van der Waals surface area contributed by atoms with Crippen molar-refractivity contribution in [3.63, 3.8) is 0 Å². The van der Waals surface area contributed by atoms with Crippen LogP contribution in [0.5, 0.6) is 5.75 Å². The molecule has 2 aromatic heterocycles. The number of thioether (sulfide) groups is 1. The van der Waals surface area contributed by atoms with E-state index in [0.717, 1.165) is 22.9 Å². The van der Waals surface area contributed by atoms with E-state index in [-0.39, 0.29) is 36.8 Å². The van der Waals surface area contributed by atoms with Gasteiger partial charge in [-0.05, 0) is 23.1 Å². The Morgan fingerprint density at radius 2 is 2.00 bits per heavy atom. The zero-order chi connectivity index (χ0) is 25.8. The van der Waals surface area contributed by atoms with Gasteiger partial charge >= 0.3 is 6.16 Å². The van der Waals surface area contributed by atoms with E-state index in [2.05, 4.69) is 4.74 Å². The van der Waals surface area contributed by atoms with Crippen molar-refractivity contribution >= 4 is 35.2 Å². The molecule has 5 heterocycles. The predicted molar refractivity (Wildman–Crippen MR) is 130 cm³/mol. The lowest BCUT2D eigenvalue weighted by Gasteiger charge is -2.51. The van der Waals surface area contributed by atoms with E-state index in [4.69, 9.17) is 9.47 Å². The molecule has 6 rings (SSSR count). The Labute approximate surface area is 217 Å². The fourth-order valence-electron chi connectivity index (χ4n) is 4.97. The van der Waals surface area contributed by atoms with Gasteiger partial charge < -0.3 is 19.1 Å². The van der Waals surface area contributed by atoms with Gasteiger partial charge in [-0.3, -0.25) is 19.3 Å². The van der Waals surface area contributed by atoms with Gasteiger partial charge in [-0.1, -0.05) is 6.07 Å². The van der Waals surface area contributed by atoms with E-state index in [9.17, 15) is 18.8 Å². The molecule has 2 atom stereocenters. The molecule has 0 saturated carbocycles. The highest BCUT2D eigenvalue weighted by atomic mass is 32.2. The average Bonchev–Trinajstić information content (AvgIpc) is 3.31. The fourth-order valence-corrected chi connectivity index (χ4v) is 7.15. The minimum Gasteiger partial charge on any atom is -0.437 e. The Morgan fingerprint density at radius 3 is 2.81 bits per heavy atom. The third-order valence-electron chi connectivity index (χ3n) is 6.60. The van der Waals surface area contributed by atoms with Gasteiger partial charge in [0.05, 0.1) is 24.5 Å². The molecule has 0 spiro atoms. The number of carbonyl (C=O) groups excluding carboxylic acids is 2. The summed E-state index contributed by atoms with van der Waals surface area (Å²) in [6.07, 6.45) is -0.387. The highest BCUT2D eigenvalue weighted by molar-refractivity contribution is 8.00. The molecule has 192 valence electrons. The third-order valence-corrected chi connectivity index (χ3v) is 8.90. The molecule has 3 aliphatic heterocycles. The molecule has 1 saturated heterocycles.